The van der Waals surface area contributed by atoms with Crippen LogP contribution in [0.15, 0.2) is 12.1 Å². The van der Waals surface area contributed by atoms with E-state index >= 15 is 0 Å². The standard InChI is InChI=1S/C24H33NO4/c1-3-28-20-6-18-4-15(2)29-21(18)7-19(20)13-25-22(26)12-23-8-16-5-17(9-23)11-24(27,10-16)14-23/h6-7,15-17,27H,3-5,8-14H2,1-2H3,(H,25,26)/t15-,16-,17+,23?,24?/m0/s1. The van der Waals surface area contributed by atoms with E-state index in [4.69, 9.17) is 9.47 Å². The highest BCUT2D eigenvalue weighted by Gasteiger charge is 2.57. The van der Waals surface area contributed by atoms with Crippen LogP contribution in [0.1, 0.15) is 69.9 Å². The molecule has 1 aromatic carbocycles. The Balaban J connectivity index is 1.26. The summed E-state index contributed by atoms with van der Waals surface area (Å²) in [6.07, 6.45) is 7.76. The van der Waals surface area contributed by atoms with E-state index in [9.17, 15) is 9.90 Å². The average molecular weight is 400 g/mol. The van der Waals surface area contributed by atoms with Gasteiger partial charge in [0.15, 0.2) is 0 Å². The molecule has 5 atom stereocenters. The summed E-state index contributed by atoms with van der Waals surface area (Å²) < 4.78 is 11.7. The fourth-order valence-electron chi connectivity index (χ4n) is 7.12. The van der Waals surface area contributed by atoms with Crippen molar-refractivity contribution in [2.75, 3.05) is 6.61 Å². The Morgan fingerprint density at radius 2 is 2.03 bits per heavy atom. The number of hydrogen-bond acceptors (Lipinski definition) is 4. The maximum atomic E-state index is 12.9. The lowest BCUT2D eigenvalue weighted by molar-refractivity contribution is -0.169. The van der Waals surface area contributed by atoms with Crippen LogP contribution in [0.25, 0.3) is 0 Å². The third kappa shape index (κ3) is 3.63. The summed E-state index contributed by atoms with van der Waals surface area (Å²) in [7, 11) is 0. The first-order valence-corrected chi connectivity index (χ1v) is 11.3. The zero-order chi connectivity index (χ0) is 20.2. The molecule has 0 aromatic heterocycles. The van der Waals surface area contributed by atoms with Gasteiger partial charge in [0.1, 0.15) is 17.6 Å². The minimum atomic E-state index is -0.513. The largest absolute Gasteiger partial charge is 0.494 e. The highest BCUT2D eigenvalue weighted by atomic mass is 16.5. The molecule has 158 valence electrons. The van der Waals surface area contributed by atoms with Crippen molar-refractivity contribution >= 4 is 5.91 Å². The summed E-state index contributed by atoms with van der Waals surface area (Å²) >= 11 is 0. The number of rotatable bonds is 6. The van der Waals surface area contributed by atoms with Crippen LogP contribution < -0.4 is 14.8 Å². The molecule has 6 rings (SSSR count). The van der Waals surface area contributed by atoms with Gasteiger partial charge in [-0.15, -0.1) is 0 Å². The molecular weight excluding hydrogens is 366 g/mol. The van der Waals surface area contributed by atoms with Crippen LogP contribution in [0, 0.1) is 17.3 Å². The Morgan fingerprint density at radius 1 is 1.28 bits per heavy atom. The van der Waals surface area contributed by atoms with Gasteiger partial charge in [-0.1, -0.05) is 0 Å². The van der Waals surface area contributed by atoms with Gasteiger partial charge in [-0.2, -0.15) is 0 Å². The lowest BCUT2D eigenvalue weighted by Gasteiger charge is -2.60. The summed E-state index contributed by atoms with van der Waals surface area (Å²) in [5, 5.41) is 14.1. The number of carbonyl (C=O) groups is 1. The number of hydrogen-bond donors (Lipinski definition) is 2. The van der Waals surface area contributed by atoms with Crippen molar-refractivity contribution in [2.24, 2.45) is 17.3 Å². The molecule has 0 spiro atoms. The minimum absolute atomic E-state index is 0.00213. The van der Waals surface area contributed by atoms with Crippen molar-refractivity contribution in [3.05, 3.63) is 23.3 Å². The molecule has 5 nitrogen and oxygen atoms in total. The van der Waals surface area contributed by atoms with Gasteiger partial charge in [-0.05, 0) is 81.8 Å². The molecule has 1 amide bonds. The Morgan fingerprint density at radius 3 is 2.72 bits per heavy atom. The number of fused-ring (bicyclic) bond motifs is 1. The number of carbonyl (C=O) groups excluding carboxylic acids is 1. The SMILES string of the molecule is CCOc1cc2c(cc1CNC(=O)CC13C[C@@H]4C[C@@H](CC(O)(C4)C1)C3)O[C@@H](C)C2. The highest BCUT2D eigenvalue weighted by molar-refractivity contribution is 5.77. The van der Waals surface area contributed by atoms with Gasteiger partial charge < -0.3 is 19.9 Å². The van der Waals surface area contributed by atoms with Crippen LogP contribution in [0.2, 0.25) is 0 Å². The molecule has 4 bridgehead atoms. The van der Waals surface area contributed by atoms with E-state index in [1.165, 1.54) is 12.0 Å². The summed E-state index contributed by atoms with van der Waals surface area (Å²) in [5.74, 6) is 3.05. The molecule has 2 unspecified atom stereocenters. The van der Waals surface area contributed by atoms with Crippen LogP contribution in [0.4, 0.5) is 0 Å². The van der Waals surface area contributed by atoms with E-state index in [0.29, 0.717) is 31.4 Å². The third-order valence-corrected chi connectivity index (χ3v) is 7.54. The molecule has 1 heterocycles. The summed E-state index contributed by atoms with van der Waals surface area (Å²) in [6.45, 7) is 5.10. The van der Waals surface area contributed by atoms with Crippen LogP contribution in [0.5, 0.6) is 11.5 Å². The summed E-state index contributed by atoms with van der Waals surface area (Å²) in [4.78, 5) is 12.9. The predicted octanol–water partition coefficient (Wildman–Crippen LogP) is 3.75. The predicted molar refractivity (Wildman–Crippen MR) is 110 cm³/mol. The number of benzene rings is 1. The van der Waals surface area contributed by atoms with Gasteiger partial charge in [0.05, 0.1) is 12.2 Å². The number of ether oxygens (including phenoxy) is 2. The lowest BCUT2D eigenvalue weighted by atomic mass is 9.47. The van der Waals surface area contributed by atoms with Gasteiger partial charge in [0.2, 0.25) is 5.91 Å². The maximum Gasteiger partial charge on any atom is 0.220 e. The summed E-state index contributed by atoms with van der Waals surface area (Å²) in [5.41, 5.74) is 1.64. The molecule has 4 saturated carbocycles. The Kier molecular flexibility index (Phi) is 4.57. The van der Waals surface area contributed by atoms with Crippen molar-refractivity contribution in [1.29, 1.82) is 0 Å². The molecule has 29 heavy (non-hydrogen) atoms. The van der Waals surface area contributed by atoms with Crippen molar-refractivity contribution in [3.63, 3.8) is 0 Å². The Bertz CT molecular complexity index is 805. The second kappa shape index (κ2) is 6.90. The normalized spacial score (nSPS) is 36.6. The van der Waals surface area contributed by atoms with Crippen LogP contribution in [-0.2, 0) is 17.8 Å². The summed E-state index contributed by atoms with van der Waals surface area (Å²) in [6, 6.07) is 4.09. The molecule has 1 aliphatic heterocycles. The monoisotopic (exact) mass is 399 g/mol. The van der Waals surface area contributed by atoms with E-state index in [1.54, 1.807) is 0 Å². The van der Waals surface area contributed by atoms with E-state index < -0.39 is 5.60 Å². The maximum absolute atomic E-state index is 12.9. The molecule has 1 aromatic rings. The zero-order valence-electron chi connectivity index (χ0n) is 17.6. The number of aliphatic hydroxyl groups is 1. The first-order chi connectivity index (χ1) is 13.9. The highest BCUT2D eigenvalue weighted by Crippen LogP contribution is 2.62. The average Bonchev–Trinajstić information content (AvgIpc) is 2.96. The first kappa shape index (κ1) is 19.2. The van der Waals surface area contributed by atoms with Crippen molar-refractivity contribution < 1.29 is 19.4 Å². The quantitative estimate of drug-likeness (QED) is 0.765. The number of amides is 1. The molecule has 0 radical (unpaired) electrons. The minimum Gasteiger partial charge on any atom is -0.494 e. The molecule has 4 aliphatic carbocycles. The first-order valence-electron chi connectivity index (χ1n) is 11.3. The Hall–Kier alpha value is -1.75. The van der Waals surface area contributed by atoms with E-state index in [1.807, 2.05) is 13.0 Å². The van der Waals surface area contributed by atoms with Crippen LogP contribution in [0.3, 0.4) is 0 Å². The van der Waals surface area contributed by atoms with Crippen molar-refractivity contribution in [2.45, 2.75) is 83.5 Å². The van der Waals surface area contributed by atoms with E-state index in [2.05, 4.69) is 18.3 Å². The van der Waals surface area contributed by atoms with Gasteiger partial charge >= 0.3 is 0 Å². The van der Waals surface area contributed by atoms with Crippen LogP contribution in [-0.4, -0.2) is 29.3 Å². The Labute approximate surface area is 173 Å². The smallest absolute Gasteiger partial charge is 0.220 e. The molecular formula is C24H33NO4. The van der Waals surface area contributed by atoms with Gasteiger partial charge in [-0.25, -0.2) is 0 Å². The fraction of sp³-hybridized carbons (Fsp3) is 0.708. The lowest BCUT2D eigenvalue weighted by Crippen LogP contribution is -2.56. The van der Waals surface area contributed by atoms with Gasteiger partial charge in [-0.3, -0.25) is 4.79 Å². The number of nitrogens with one attached hydrogen (secondary N) is 1. The van der Waals surface area contributed by atoms with E-state index in [0.717, 1.165) is 55.6 Å². The second-order valence-corrected chi connectivity index (χ2v) is 10.3. The van der Waals surface area contributed by atoms with Gasteiger partial charge in [0.25, 0.3) is 0 Å². The second-order valence-electron chi connectivity index (χ2n) is 10.3. The fourth-order valence-corrected chi connectivity index (χ4v) is 7.12. The van der Waals surface area contributed by atoms with Gasteiger partial charge in [0, 0.05) is 30.5 Å². The molecule has 2 N–H and O–H groups in total. The van der Waals surface area contributed by atoms with Crippen molar-refractivity contribution in [3.8, 4) is 11.5 Å². The van der Waals surface area contributed by atoms with Crippen LogP contribution >= 0.6 is 0 Å². The molecule has 5 aliphatic rings. The topological polar surface area (TPSA) is 67.8 Å². The molecule has 4 fully saturated rings. The molecule has 0 saturated heterocycles. The molecule has 5 heteroatoms. The van der Waals surface area contributed by atoms with E-state index in [-0.39, 0.29) is 17.4 Å². The third-order valence-electron chi connectivity index (χ3n) is 7.54. The van der Waals surface area contributed by atoms with Crippen molar-refractivity contribution in [1.82, 2.24) is 5.32 Å². The zero-order valence-corrected chi connectivity index (χ0v) is 17.6.